The number of hydrogen-bond acceptors (Lipinski definition) is 9. The Hall–Kier alpha value is -2.46. The molecule has 0 radical (unpaired) electrons. The first kappa shape index (κ1) is 30.5. The summed E-state index contributed by atoms with van der Waals surface area (Å²) >= 11 is 8.71. The average Bonchev–Trinajstić information content (AvgIpc) is 3.43. The summed E-state index contributed by atoms with van der Waals surface area (Å²) < 4.78 is 14.9. The highest BCUT2D eigenvalue weighted by atomic mass is 79.9. The molecule has 4 heterocycles. The molecule has 2 aromatic heterocycles. The van der Waals surface area contributed by atoms with Gasteiger partial charge in [0.2, 0.25) is 0 Å². The number of aliphatic hydroxyl groups is 1. The van der Waals surface area contributed by atoms with Crippen molar-refractivity contribution in [1.82, 2.24) is 29.2 Å². The zero-order chi connectivity index (χ0) is 28.5. The van der Waals surface area contributed by atoms with Gasteiger partial charge in [-0.2, -0.15) is 0 Å². The lowest BCUT2D eigenvalue weighted by Crippen LogP contribution is -2.49. The maximum Gasteiger partial charge on any atom is 0.333 e. The zero-order valence-electron chi connectivity index (χ0n) is 22.5. The first-order valence-electron chi connectivity index (χ1n) is 13.3. The first-order valence-corrected chi connectivity index (χ1v) is 14.5. The van der Waals surface area contributed by atoms with Crippen molar-refractivity contribution in [3.05, 3.63) is 67.6 Å². The minimum atomic E-state index is -0.645. The molecule has 0 spiro atoms. The van der Waals surface area contributed by atoms with Crippen molar-refractivity contribution in [3.8, 4) is 0 Å². The highest BCUT2D eigenvalue weighted by molar-refractivity contribution is 9.10. The van der Waals surface area contributed by atoms with Crippen LogP contribution >= 0.6 is 28.1 Å². The van der Waals surface area contributed by atoms with E-state index in [2.05, 4.69) is 41.3 Å². The van der Waals surface area contributed by atoms with Crippen LogP contribution in [-0.2, 0) is 16.0 Å². The molecule has 2 aliphatic heterocycles. The molecule has 1 saturated heterocycles. The van der Waals surface area contributed by atoms with E-state index in [1.165, 1.54) is 15.3 Å². The maximum absolute atomic E-state index is 12.9. The second kappa shape index (κ2) is 15.0. The summed E-state index contributed by atoms with van der Waals surface area (Å²) in [6.07, 6.45) is 5.53. The van der Waals surface area contributed by atoms with Gasteiger partial charge in [-0.05, 0) is 53.3 Å². The van der Waals surface area contributed by atoms with Crippen LogP contribution < -0.4 is 21.9 Å². The molecule has 12 nitrogen and oxygen atoms in total. The Morgan fingerprint density at radius 1 is 1.15 bits per heavy atom. The maximum atomic E-state index is 12.9. The number of pyridine rings is 1. The molecule has 4 rings (SSSR count). The molecule has 2 atom stereocenters. The van der Waals surface area contributed by atoms with Crippen LogP contribution in [0.1, 0.15) is 11.8 Å². The molecule has 40 heavy (non-hydrogen) atoms. The largest absolute Gasteiger partial charge is 0.393 e. The number of hydrogen-bond donors (Lipinski definition) is 3. The first-order chi connectivity index (χ1) is 19.3. The molecule has 0 unspecified atom stereocenters. The highest BCUT2D eigenvalue weighted by Gasteiger charge is 2.23. The number of aliphatic hydroxyl groups excluding tert-OH is 1. The Balaban J connectivity index is 1.11. The summed E-state index contributed by atoms with van der Waals surface area (Å²) in [5.41, 5.74) is -0.353. The summed E-state index contributed by atoms with van der Waals surface area (Å²) in [4.78, 5) is 34.5. The molecular formula is C26H36BrN7O5S. The molecule has 0 aliphatic carbocycles. The number of anilines is 1. The predicted octanol–water partition coefficient (Wildman–Crippen LogP) is 0.543. The van der Waals surface area contributed by atoms with E-state index in [9.17, 15) is 14.7 Å². The number of piperazine rings is 1. The van der Waals surface area contributed by atoms with Crippen LogP contribution in [0, 0.1) is 6.92 Å². The van der Waals surface area contributed by atoms with Crippen LogP contribution in [0.4, 0.5) is 5.82 Å². The number of rotatable bonds is 12. The summed E-state index contributed by atoms with van der Waals surface area (Å²) in [7, 11) is 0. The van der Waals surface area contributed by atoms with E-state index in [1.807, 2.05) is 12.1 Å². The van der Waals surface area contributed by atoms with Gasteiger partial charge in [-0.1, -0.05) is 6.08 Å². The third-order valence-corrected chi connectivity index (χ3v) is 7.50. The summed E-state index contributed by atoms with van der Waals surface area (Å²) in [5, 5.41) is 16.1. The minimum absolute atomic E-state index is 0.161. The van der Waals surface area contributed by atoms with E-state index in [-0.39, 0.29) is 25.3 Å². The quantitative estimate of drug-likeness (QED) is 0.171. The molecule has 14 heteroatoms. The molecule has 0 saturated carbocycles. The lowest BCUT2D eigenvalue weighted by Gasteiger charge is -2.34. The van der Waals surface area contributed by atoms with Crippen LogP contribution in [0.3, 0.4) is 0 Å². The van der Waals surface area contributed by atoms with Gasteiger partial charge in [-0.3, -0.25) is 23.7 Å². The van der Waals surface area contributed by atoms with Gasteiger partial charge in [0.25, 0.3) is 5.56 Å². The van der Waals surface area contributed by atoms with E-state index in [0.29, 0.717) is 23.1 Å². The van der Waals surface area contributed by atoms with Gasteiger partial charge < -0.3 is 25.2 Å². The number of halogens is 1. The van der Waals surface area contributed by atoms with Crippen LogP contribution in [0.2, 0.25) is 0 Å². The Morgan fingerprint density at radius 2 is 1.88 bits per heavy atom. The second-order valence-corrected chi connectivity index (χ2v) is 11.0. The molecule has 0 aromatic carbocycles. The van der Waals surface area contributed by atoms with E-state index < -0.39 is 18.0 Å². The SMILES string of the molecule is Cc1cn([C@H]2C=C[C@@H](CO)O2)c(=O)n(CCOCCN2CCN(CCNC(=S)Nc3ccc(Br)cn3)CC2)c1=O. The standard InChI is InChI=1S/C26H36BrN7O5S/c1-19-17-34(23-5-3-21(18-35)39-23)26(37)33(24(19)36)13-15-38-14-12-32-10-8-31(9-11-32)7-6-28-25(40)30-22-4-2-20(27)16-29-22/h2-5,16-17,21,23,35H,6-15,18H2,1H3,(H2,28,29,30,40)/t21-,23+/m0/s1. The van der Waals surface area contributed by atoms with E-state index in [4.69, 9.17) is 21.7 Å². The Labute approximate surface area is 246 Å². The minimum Gasteiger partial charge on any atom is -0.393 e. The lowest BCUT2D eigenvalue weighted by molar-refractivity contribution is -0.0113. The molecule has 1 fully saturated rings. The average molecular weight is 639 g/mol. The molecule has 218 valence electrons. The smallest absolute Gasteiger partial charge is 0.333 e. The third kappa shape index (κ3) is 8.52. The monoisotopic (exact) mass is 637 g/mol. The summed E-state index contributed by atoms with van der Waals surface area (Å²) in [6.45, 7) is 8.68. The Kier molecular flexibility index (Phi) is 11.4. The fraction of sp³-hybridized carbons (Fsp3) is 0.538. The van der Waals surface area contributed by atoms with Gasteiger partial charge in [-0.15, -0.1) is 0 Å². The van der Waals surface area contributed by atoms with Crippen molar-refractivity contribution >= 4 is 39.1 Å². The fourth-order valence-electron chi connectivity index (χ4n) is 4.51. The molecule has 2 aliphatic rings. The molecule has 2 aromatic rings. The van der Waals surface area contributed by atoms with Gasteiger partial charge in [-0.25, -0.2) is 9.78 Å². The molecular weight excluding hydrogens is 602 g/mol. The van der Waals surface area contributed by atoms with Crippen molar-refractivity contribution < 1.29 is 14.6 Å². The van der Waals surface area contributed by atoms with E-state index >= 15 is 0 Å². The lowest BCUT2D eigenvalue weighted by atomic mass is 10.3. The summed E-state index contributed by atoms with van der Waals surface area (Å²) in [6, 6.07) is 3.77. The van der Waals surface area contributed by atoms with Crippen LogP contribution in [-0.4, -0.2) is 106 Å². The number of nitrogens with zero attached hydrogens (tertiary/aromatic N) is 5. The number of nitrogens with one attached hydrogen (secondary N) is 2. The summed E-state index contributed by atoms with van der Waals surface area (Å²) in [5.74, 6) is 0.701. The zero-order valence-corrected chi connectivity index (χ0v) is 24.9. The van der Waals surface area contributed by atoms with Crippen LogP contribution in [0.25, 0.3) is 0 Å². The molecule has 0 amide bonds. The molecule has 3 N–H and O–H groups in total. The van der Waals surface area contributed by atoms with E-state index in [0.717, 1.165) is 50.3 Å². The van der Waals surface area contributed by atoms with Crippen molar-refractivity contribution in [3.63, 3.8) is 0 Å². The predicted molar refractivity (Wildman–Crippen MR) is 160 cm³/mol. The third-order valence-electron chi connectivity index (χ3n) is 6.78. The van der Waals surface area contributed by atoms with Gasteiger partial charge in [0.15, 0.2) is 11.3 Å². The Bertz CT molecular complexity index is 1280. The van der Waals surface area contributed by atoms with Crippen molar-refractivity contribution in [2.45, 2.75) is 25.8 Å². The van der Waals surface area contributed by atoms with E-state index in [1.54, 1.807) is 25.3 Å². The fourth-order valence-corrected chi connectivity index (χ4v) is 4.96. The van der Waals surface area contributed by atoms with Crippen molar-refractivity contribution in [2.24, 2.45) is 0 Å². The normalized spacial score (nSPS) is 19.7. The van der Waals surface area contributed by atoms with Crippen molar-refractivity contribution in [1.29, 1.82) is 0 Å². The number of ether oxygens (including phenoxy) is 2. The number of aromatic nitrogens is 3. The van der Waals surface area contributed by atoms with Gasteiger partial charge in [0, 0.05) is 68.2 Å². The molecule has 0 bridgehead atoms. The topological polar surface area (TPSA) is 126 Å². The number of aryl methyl sites for hydroxylation is 1. The highest BCUT2D eigenvalue weighted by Crippen LogP contribution is 2.19. The van der Waals surface area contributed by atoms with Gasteiger partial charge in [0.1, 0.15) is 11.9 Å². The van der Waals surface area contributed by atoms with Crippen molar-refractivity contribution in [2.75, 3.05) is 71.0 Å². The van der Waals surface area contributed by atoms with Crippen LogP contribution in [0.5, 0.6) is 0 Å². The second-order valence-electron chi connectivity index (χ2n) is 9.63. The Morgan fingerprint density at radius 3 is 2.55 bits per heavy atom. The van der Waals surface area contributed by atoms with Gasteiger partial charge in [0.05, 0.1) is 26.4 Å². The van der Waals surface area contributed by atoms with Gasteiger partial charge >= 0.3 is 5.69 Å². The number of thiocarbonyl (C=S) groups is 1. The van der Waals surface area contributed by atoms with Crippen LogP contribution in [0.15, 0.2) is 50.7 Å².